The van der Waals surface area contributed by atoms with Crippen molar-refractivity contribution in [2.45, 2.75) is 13.3 Å². The number of hydrogen-bond acceptors (Lipinski definition) is 2. The number of nitrogens with zero attached hydrogens (tertiary/aromatic N) is 3. The molecular formula is C8H9N3O. The van der Waals surface area contributed by atoms with Crippen LogP contribution in [0.25, 0.3) is 10.4 Å². The summed E-state index contributed by atoms with van der Waals surface area (Å²) < 4.78 is 0. The third kappa shape index (κ3) is 1.68. The maximum Gasteiger partial charge on any atom is 0.125 e. The molecule has 4 nitrogen and oxygen atoms in total. The molecule has 0 bridgehead atoms. The van der Waals surface area contributed by atoms with Crippen LogP contribution in [0.3, 0.4) is 0 Å². The van der Waals surface area contributed by atoms with Crippen LogP contribution in [0, 0.1) is 0 Å². The lowest BCUT2D eigenvalue weighted by Crippen LogP contribution is -1.77. The van der Waals surface area contributed by atoms with E-state index in [2.05, 4.69) is 10.0 Å². The Labute approximate surface area is 70.1 Å². The van der Waals surface area contributed by atoms with Crippen LogP contribution in [0.2, 0.25) is 0 Å². The van der Waals surface area contributed by atoms with Crippen LogP contribution in [0.5, 0.6) is 5.75 Å². The summed E-state index contributed by atoms with van der Waals surface area (Å²) in [5, 5.41) is 12.6. The van der Waals surface area contributed by atoms with Gasteiger partial charge in [-0.05, 0) is 29.6 Å². The Kier molecular flexibility index (Phi) is 2.56. The Bertz CT molecular complexity index is 329. The van der Waals surface area contributed by atoms with Gasteiger partial charge in [0.15, 0.2) is 0 Å². The highest BCUT2D eigenvalue weighted by Gasteiger charge is 1.98. The van der Waals surface area contributed by atoms with Crippen LogP contribution < -0.4 is 0 Å². The Hall–Kier alpha value is -1.67. The van der Waals surface area contributed by atoms with E-state index in [1.165, 1.54) is 0 Å². The highest BCUT2D eigenvalue weighted by molar-refractivity contribution is 5.52. The van der Waals surface area contributed by atoms with Crippen molar-refractivity contribution in [2.75, 3.05) is 0 Å². The Morgan fingerprint density at radius 3 is 2.83 bits per heavy atom. The molecule has 4 heteroatoms. The first-order chi connectivity index (χ1) is 5.77. The molecular weight excluding hydrogens is 154 g/mol. The van der Waals surface area contributed by atoms with Gasteiger partial charge < -0.3 is 5.11 Å². The van der Waals surface area contributed by atoms with Crippen LogP contribution >= 0.6 is 0 Å². The van der Waals surface area contributed by atoms with Gasteiger partial charge in [0.05, 0.1) is 5.69 Å². The molecule has 0 aliphatic heterocycles. The van der Waals surface area contributed by atoms with E-state index < -0.39 is 0 Å². The fraction of sp³-hybridized carbons (Fsp3) is 0.250. The molecule has 0 aliphatic carbocycles. The quantitative estimate of drug-likeness (QED) is 0.406. The van der Waals surface area contributed by atoms with E-state index in [4.69, 9.17) is 5.53 Å². The molecule has 1 aromatic rings. The van der Waals surface area contributed by atoms with E-state index in [1.54, 1.807) is 12.1 Å². The number of rotatable bonds is 2. The molecule has 62 valence electrons. The summed E-state index contributed by atoms with van der Waals surface area (Å²) in [5.41, 5.74) is 9.41. The zero-order chi connectivity index (χ0) is 8.97. The lowest BCUT2D eigenvalue weighted by atomic mass is 10.1. The van der Waals surface area contributed by atoms with E-state index in [0.717, 1.165) is 12.0 Å². The lowest BCUT2D eigenvalue weighted by Gasteiger charge is -1.99. The molecule has 0 radical (unpaired) electrons. The summed E-state index contributed by atoms with van der Waals surface area (Å²) in [6.07, 6.45) is 0.851. The summed E-state index contributed by atoms with van der Waals surface area (Å²) in [7, 11) is 0. The van der Waals surface area contributed by atoms with E-state index in [9.17, 15) is 5.11 Å². The molecule has 12 heavy (non-hydrogen) atoms. The molecule has 0 fully saturated rings. The van der Waals surface area contributed by atoms with E-state index in [1.807, 2.05) is 13.0 Å². The van der Waals surface area contributed by atoms with Crippen LogP contribution in [0.1, 0.15) is 12.5 Å². The number of phenolic OH excluding ortho intramolecular Hbond substituents is 1. The third-order valence-electron chi connectivity index (χ3n) is 1.60. The van der Waals surface area contributed by atoms with Gasteiger partial charge in [0.1, 0.15) is 5.75 Å². The third-order valence-corrected chi connectivity index (χ3v) is 1.60. The first-order valence-electron chi connectivity index (χ1n) is 3.65. The molecule has 0 spiro atoms. The second-order valence-corrected chi connectivity index (χ2v) is 2.37. The fourth-order valence-electron chi connectivity index (χ4n) is 0.922. The van der Waals surface area contributed by atoms with Crippen molar-refractivity contribution in [1.82, 2.24) is 0 Å². The molecule has 0 unspecified atom stereocenters. The Balaban J connectivity index is 3.11. The van der Waals surface area contributed by atoms with Crippen molar-refractivity contribution < 1.29 is 5.11 Å². The highest BCUT2D eigenvalue weighted by Crippen LogP contribution is 2.27. The monoisotopic (exact) mass is 163 g/mol. The van der Waals surface area contributed by atoms with Crippen LogP contribution in [0.15, 0.2) is 23.3 Å². The van der Waals surface area contributed by atoms with E-state index in [-0.39, 0.29) is 11.4 Å². The summed E-state index contributed by atoms with van der Waals surface area (Å²) in [6.45, 7) is 1.99. The zero-order valence-corrected chi connectivity index (χ0v) is 6.73. The van der Waals surface area contributed by atoms with Crippen molar-refractivity contribution in [3.8, 4) is 5.75 Å². The molecule has 0 amide bonds. The molecule has 1 rings (SSSR count). The summed E-state index contributed by atoms with van der Waals surface area (Å²) in [5.74, 6) is 0.0344. The standard InChI is InChI=1S/C8H9N3O/c1-2-6-3-4-7(10-11-9)8(12)5-6/h3-5,12H,2H2,1H3. The average Bonchev–Trinajstić information content (AvgIpc) is 2.09. The number of benzene rings is 1. The first-order valence-corrected chi connectivity index (χ1v) is 3.65. The summed E-state index contributed by atoms with van der Waals surface area (Å²) in [6, 6.07) is 5.03. The van der Waals surface area contributed by atoms with Gasteiger partial charge in [-0.1, -0.05) is 18.1 Å². The molecule has 0 saturated carbocycles. The molecule has 0 atom stereocenters. The molecule has 0 heterocycles. The number of hydrogen-bond donors (Lipinski definition) is 1. The minimum Gasteiger partial charge on any atom is -0.507 e. The topological polar surface area (TPSA) is 69.0 Å². The molecule has 0 aromatic heterocycles. The van der Waals surface area contributed by atoms with Gasteiger partial charge in [-0.3, -0.25) is 0 Å². The number of aryl methyl sites for hydroxylation is 1. The molecule has 1 aromatic carbocycles. The Morgan fingerprint density at radius 1 is 1.58 bits per heavy atom. The van der Waals surface area contributed by atoms with E-state index >= 15 is 0 Å². The summed E-state index contributed by atoms with van der Waals surface area (Å²) >= 11 is 0. The minimum atomic E-state index is 0.0344. The fourth-order valence-corrected chi connectivity index (χ4v) is 0.922. The summed E-state index contributed by atoms with van der Waals surface area (Å²) in [4.78, 5) is 2.59. The lowest BCUT2D eigenvalue weighted by molar-refractivity contribution is 0.476. The minimum absolute atomic E-state index is 0.0344. The van der Waals surface area contributed by atoms with Crippen molar-refractivity contribution in [2.24, 2.45) is 5.11 Å². The van der Waals surface area contributed by atoms with Gasteiger partial charge in [0.25, 0.3) is 0 Å². The van der Waals surface area contributed by atoms with Gasteiger partial charge in [-0.2, -0.15) is 0 Å². The van der Waals surface area contributed by atoms with Crippen molar-refractivity contribution >= 4 is 5.69 Å². The smallest absolute Gasteiger partial charge is 0.125 e. The number of aromatic hydroxyl groups is 1. The van der Waals surface area contributed by atoms with Crippen LogP contribution in [-0.4, -0.2) is 5.11 Å². The maximum absolute atomic E-state index is 9.29. The van der Waals surface area contributed by atoms with Gasteiger partial charge in [-0.15, -0.1) is 0 Å². The predicted octanol–water partition coefficient (Wildman–Crippen LogP) is 2.90. The molecule has 0 aliphatic rings. The van der Waals surface area contributed by atoms with Gasteiger partial charge >= 0.3 is 0 Å². The molecule has 0 saturated heterocycles. The highest BCUT2D eigenvalue weighted by atomic mass is 16.3. The van der Waals surface area contributed by atoms with Crippen molar-refractivity contribution in [3.63, 3.8) is 0 Å². The normalized spacial score (nSPS) is 9.08. The van der Waals surface area contributed by atoms with E-state index in [0.29, 0.717) is 0 Å². The number of azide groups is 1. The van der Waals surface area contributed by atoms with Gasteiger partial charge in [-0.25, -0.2) is 0 Å². The van der Waals surface area contributed by atoms with Crippen LogP contribution in [-0.2, 0) is 6.42 Å². The van der Waals surface area contributed by atoms with Crippen molar-refractivity contribution in [1.29, 1.82) is 0 Å². The maximum atomic E-state index is 9.29. The average molecular weight is 163 g/mol. The van der Waals surface area contributed by atoms with Gasteiger partial charge in [0, 0.05) is 4.91 Å². The SMILES string of the molecule is CCc1ccc(N=[N+]=[N-])c(O)c1. The zero-order valence-electron chi connectivity index (χ0n) is 6.73. The van der Waals surface area contributed by atoms with Crippen molar-refractivity contribution in [3.05, 3.63) is 34.2 Å². The van der Waals surface area contributed by atoms with Gasteiger partial charge in [0.2, 0.25) is 0 Å². The van der Waals surface area contributed by atoms with Crippen LogP contribution in [0.4, 0.5) is 5.69 Å². The second kappa shape index (κ2) is 3.64. The molecule has 1 N–H and O–H groups in total. The Morgan fingerprint density at radius 2 is 2.33 bits per heavy atom. The number of phenols is 1. The first kappa shape index (κ1) is 8.43. The predicted molar refractivity (Wildman–Crippen MR) is 46.3 cm³/mol. The second-order valence-electron chi connectivity index (χ2n) is 2.37. The largest absolute Gasteiger partial charge is 0.507 e.